The van der Waals surface area contributed by atoms with Crippen LogP contribution in [0.15, 0.2) is 66.7 Å². The molecule has 1 heterocycles. The van der Waals surface area contributed by atoms with Gasteiger partial charge in [0.25, 0.3) is 5.91 Å². The standard InChI is InChI=1S/C29H27Cl2N3O3/c1-18(16-27(35)36)2-12-25-28(20-5-10-23(31)11-6-20)34-24-13-7-21(17-26(24)33-25)29(37)32-15-14-19-3-8-22(30)9-4-19/h3-11,13,17-18H,2,12,14-16H2,1H3,(H,32,37)(H,35,36)/t18-/m0/s1. The molecule has 190 valence electrons. The number of rotatable bonds is 10. The van der Waals surface area contributed by atoms with Crippen LogP contribution in [0.1, 0.15) is 41.4 Å². The number of carboxylic acid groups (broad SMARTS) is 1. The molecule has 0 bridgehead atoms. The lowest BCUT2D eigenvalue weighted by atomic mass is 9.98. The van der Waals surface area contributed by atoms with Gasteiger partial charge < -0.3 is 10.4 Å². The molecule has 1 atom stereocenters. The number of hydrogen-bond acceptors (Lipinski definition) is 4. The lowest BCUT2D eigenvalue weighted by Crippen LogP contribution is -2.25. The van der Waals surface area contributed by atoms with Crippen molar-refractivity contribution < 1.29 is 14.7 Å². The first-order chi connectivity index (χ1) is 17.8. The normalized spacial score (nSPS) is 11.9. The third kappa shape index (κ3) is 7.28. The highest BCUT2D eigenvalue weighted by Crippen LogP contribution is 2.27. The lowest BCUT2D eigenvalue weighted by Gasteiger charge is -2.13. The molecule has 4 rings (SSSR count). The van der Waals surface area contributed by atoms with Crippen molar-refractivity contribution in [2.45, 2.75) is 32.6 Å². The molecule has 3 aromatic carbocycles. The third-order valence-electron chi connectivity index (χ3n) is 6.13. The lowest BCUT2D eigenvalue weighted by molar-refractivity contribution is -0.138. The van der Waals surface area contributed by atoms with Crippen LogP contribution in [0.25, 0.3) is 22.3 Å². The average molecular weight is 536 g/mol. The number of hydrogen-bond donors (Lipinski definition) is 2. The van der Waals surface area contributed by atoms with Crippen molar-refractivity contribution in [3.63, 3.8) is 0 Å². The molecular weight excluding hydrogens is 509 g/mol. The Balaban J connectivity index is 1.56. The van der Waals surface area contributed by atoms with Crippen molar-refractivity contribution in [3.05, 3.63) is 93.6 Å². The Morgan fingerprint density at radius 2 is 1.57 bits per heavy atom. The van der Waals surface area contributed by atoms with Crippen LogP contribution >= 0.6 is 23.2 Å². The number of nitrogens with one attached hydrogen (secondary N) is 1. The first-order valence-electron chi connectivity index (χ1n) is 12.1. The van der Waals surface area contributed by atoms with E-state index in [1.807, 2.05) is 43.3 Å². The van der Waals surface area contributed by atoms with Crippen LogP contribution < -0.4 is 5.32 Å². The number of halogens is 2. The number of carbonyl (C=O) groups excluding carboxylic acids is 1. The van der Waals surface area contributed by atoms with Crippen LogP contribution in [0.5, 0.6) is 0 Å². The van der Waals surface area contributed by atoms with E-state index in [1.165, 1.54) is 0 Å². The third-order valence-corrected chi connectivity index (χ3v) is 6.63. The van der Waals surface area contributed by atoms with Crippen molar-refractivity contribution in [2.75, 3.05) is 6.54 Å². The van der Waals surface area contributed by atoms with Crippen LogP contribution in [-0.2, 0) is 17.6 Å². The van der Waals surface area contributed by atoms with E-state index in [2.05, 4.69) is 5.32 Å². The maximum absolute atomic E-state index is 12.8. The summed E-state index contributed by atoms with van der Waals surface area (Å²) in [7, 11) is 0. The molecule has 0 saturated heterocycles. The van der Waals surface area contributed by atoms with Gasteiger partial charge in [-0.05, 0) is 73.2 Å². The second kappa shape index (κ2) is 12.2. The van der Waals surface area contributed by atoms with E-state index in [-0.39, 0.29) is 18.2 Å². The molecule has 8 heteroatoms. The Morgan fingerprint density at radius 3 is 2.24 bits per heavy atom. The number of fused-ring (bicyclic) bond motifs is 1. The molecule has 0 unspecified atom stereocenters. The topological polar surface area (TPSA) is 92.2 Å². The molecule has 0 aliphatic rings. The number of aryl methyl sites for hydroxylation is 1. The van der Waals surface area contributed by atoms with Gasteiger partial charge in [0.05, 0.1) is 22.4 Å². The van der Waals surface area contributed by atoms with E-state index in [9.17, 15) is 9.59 Å². The highest BCUT2D eigenvalue weighted by Gasteiger charge is 2.16. The first-order valence-corrected chi connectivity index (χ1v) is 12.8. The van der Waals surface area contributed by atoms with Crippen LogP contribution in [0.2, 0.25) is 10.0 Å². The summed E-state index contributed by atoms with van der Waals surface area (Å²) in [5, 5.41) is 13.4. The molecule has 6 nitrogen and oxygen atoms in total. The summed E-state index contributed by atoms with van der Waals surface area (Å²) < 4.78 is 0. The summed E-state index contributed by atoms with van der Waals surface area (Å²) in [6.07, 6.45) is 2.00. The predicted octanol–water partition coefficient (Wildman–Crippen LogP) is 6.62. The van der Waals surface area contributed by atoms with Crippen LogP contribution in [0, 0.1) is 5.92 Å². The van der Waals surface area contributed by atoms with Gasteiger partial charge in [0.15, 0.2) is 0 Å². The van der Waals surface area contributed by atoms with Crippen molar-refractivity contribution in [3.8, 4) is 11.3 Å². The van der Waals surface area contributed by atoms with Crippen molar-refractivity contribution in [1.82, 2.24) is 15.3 Å². The van der Waals surface area contributed by atoms with Crippen LogP contribution in [-0.4, -0.2) is 33.5 Å². The van der Waals surface area contributed by atoms with Gasteiger partial charge in [0.1, 0.15) is 0 Å². The zero-order valence-electron chi connectivity index (χ0n) is 20.4. The maximum Gasteiger partial charge on any atom is 0.303 e. The first kappa shape index (κ1) is 26.6. The predicted molar refractivity (Wildman–Crippen MR) is 147 cm³/mol. The molecule has 1 aromatic heterocycles. The summed E-state index contributed by atoms with van der Waals surface area (Å²) >= 11 is 12.0. The molecule has 0 saturated carbocycles. The van der Waals surface area contributed by atoms with Gasteiger partial charge >= 0.3 is 5.97 Å². The number of benzene rings is 3. The van der Waals surface area contributed by atoms with Crippen molar-refractivity contribution >= 4 is 46.1 Å². The fourth-order valence-electron chi connectivity index (χ4n) is 4.10. The van der Waals surface area contributed by atoms with E-state index in [1.54, 1.807) is 30.3 Å². The molecule has 0 fully saturated rings. The quantitative estimate of drug-likeness (QED) is 0.238. The molecule has 0 aliphatic heterocycles. The van der Waals surface area contributed by atoms with Crippen molar-refractivity contribution in [2.24, 2.45) is 5.92 Å². The summed E-state index contributed by atoms with van der Waals surface area (Å²) in [5.74, 6) is -1.01. The van der Waals surface area contributed by atoms with Crippen molar-refractivity contribution in [1.29, 1.82) is 0 Å². The highest BCUT2D eigenvalue weighted by atomic mass is 35.5. The Morgan fingerprint density at radius 1 is 0.892 bits per heavy atom. The van der Waals surface area contributed by atoms with Gasteiger partial charge in [0, 0.05) is 34.1 Å². The number of aliphatic carboxylic acids is 1. The zero-order chi connectivity index (χ0) is 26.4. The Kier molecular flexibility index (Phi) is 8.74. The summed E-state index contributed by atoms with van der Waals surface area (Å²) in [6.45, 7) is 2.41. The number of amides is 1. The molecule has 37 heavy (non-hydrogen) atoms. The second-order valence-electron chi connectivity index (χ2n) is 9.10. The minimum absolute atomic E-state index is 0.00850. The molecule has 2 N–H and O–H groups in total. The van der Waals surface area contributed by atoms with Gasteiger partial charge in [0.2, 0.25) is 0 Å². The van der Waals surface area contributed by atoms with Gasteiger partial charge in [-0.25, -0.2) is 9.97 Å². The summed E-state index contributed by atoms with van der Waals surface area (Å²) in [6, 6.07) is 20.2. The Bertz CT molecular complexity index is 1410. The van der Waals surface area contributed by atoms with Gasteiger partial charge in [-0.3, -0.25) is 9.59 Å². The van der Waals surface area contributed by atoms with Gasteiger partial charge in [-0.1, -0.05) is 54.4 Å². The average Bonchev–Trinajstić information content (AvgIpc) is 2.88. The molecule has 0 spiro atoms. The van der Waals surface area contributed by atoms with Gasteiger partial charge in [-0.15, -0.1) is 0 Å². The molecule has 0 radical (unpaired) electrons. The Labute approximate surface area is 225 Å². The number of aromatic nitrogens is 2. The zero-order valence-corrected chi connectivity index (χ0v) is 21.9. The van der Waals surface area contributed by atoms with E-state index in [0.717, 1.165) is 22.5 Å². The molecule has 4 aromatic rings. The van der Waals surface area contributed by atoms with E-state index in [4.69, 9.17) is 38.3 Å². The summed E-state index contributed by atoms with van der Waals surface area (Å²) in [4.78, 5) is 33.6. The largest absolute Gasteiger partial charge is 0.481 e. The Hall–Kier alpha value is -3.48. The monoisotopic (exact) mass is 535 g/mol. The minimum Gasteiger partial charge on any atom is -0.481 e. The number of carbonyl (C=O) groups is 2. The number of carboxylic acids is 1. The molecular formula is C29H27Cl2N3O3. The van der Waals surface area contributed by atoms with E-state index >= 15 is 0 Å². The fraction of sp³-hybridized carbons (Fsp3) is 0.241. The van der Waals surface area contributed by atoms with Gasteiger partial charge in [-0.2, -0.15) is 0 Å². The van der Waals surface area contributed by atoms with Crippen LogP contribution in [0.3, 0.4) is 0 Å². The molecule has 1 amide bonds. The fourth-order valence-corrected chi connectivity index (χ4v) is 4.35. The van der Waals surface area contributed by atoms with Crippen LogP contribution in [0.4, 0.5) is 0 Å². The highest BCUT2D eigenvalue weighted by molar-refractivity contribution is 6.30. The van der Waals surface area contributed by atoms with E-state index < -0.39 is 5.97 Å². The minimum atomic E-state index is -0.818. The van der Waals surface area contributed by atoms with E-state index in [0.29, 0.717) is 52.4 Å². The summed E-state index contributed by atoms with van der Waals surface area (Å²) in [5.41, 5.74) is 5.24. The maximum atomic E-state index is 12.8. The smallest absolute Gasteiger partial charge is 0.303 e. The molecule has 0 aliphatic carbocycles. The SMILES string of the molecule is C[C@@H](CCc1nc2cc(C(=O)NCCc3ccc(Cl)cc3)ccc2nc1-c1ccc(Cl)cc1)CC(=O)O. The number of nitrogens with zero attached hydrogens (tertiary/aromatic N) is 2. The second-order valence-corrected chi connectivity index (χ2v) is 9.98.